The van der Waals surface area contributed by atoms with Gasteiger partial charge in [0.1, 0.15) is 11.6 Å². The predicted octanol–water partition coefficient (Wildman–Crippen LogP) is 2.12. The summed E-state index contributed by atoms with van der Waals surface area (Å²) in [5, 5.41) is 21.5. The fourth-order valence-electron chi connectivity index (χ4n) is 3.14. The van der Waals surface area contributed by atoms with Gasteiger partial charge in [0.15, 0.2) is 5.96 Å². The number of hydrogen-bond donors (Lipinski definition) is 3. The Morgan fingerprint density at radius 1 is 1.33 bits per heavy atom. The maximum absolute atomic E-state index is 10.4. The summed E-state index contributed by atoms with van der Waals surface area (Å²) in [6.45, 7) is 7.86. The number of aryl methyl sites for hydroxylation is 3. The Morgan fingerprint density at radius 3 is 2.78 bits per heavy atom. The normalized spacial score (nSPS) is 17.6. The van der Waals surface area contributed by atoms with Gasteiger partial charge < -0.3 is 15.7 Å². The summed E-state index contributed by atoms with van der Waals surface area (Å²) in [5.41, 5.74) is 2.06. The van der Waals surface area contributed by atoms with Gasteiger partial charge in [-0.1, -0.05) is 29.8 Å². The lowest BCUT2D eigenvalue weighted by atomic mass is 10.1. The van der Waals surface area contributed by atoms with Crippen molar-refractivity contribution >= 4 is 29.9 Å². The van der Waals surface area contributed by atoms with Crippen LogP contribution in [0.15, 0.2) is 29.3 Å². The van der Waals surface area contributed by atoms with Crippen LogP contribution in [0.2, 0.25) is 0 Å². The van der Waals surface area contributed by atoms with Gasteiger partial charge in [0.25, 0.3) is 0 Å². The summed E-state index contributed by atoms with van der Waals surface area (Å²) in [6.07, 6.45) is 1.29. The Bertz CT molecular complexity index is 758. The summed E-state index contributed by atoms with van der Waals surface area (Å²) in [5.74, 6) is 2.60. The lowest BCUT2D eigenvalue weighted by Gasteiger charge is -2.25. The van der Waals surface area contributed by atoms with Crippen molar-refractivity contribution in [3.63, 3.8) is 0 Å². The van der Waals surface area contributed by atoms with Crippen LogP contribution in [0.25, 0.3) is 0 Å². The van der Waals surface area contributed by atoms with E-state index in [-0.39, 0.29) is 30.0 Å². The number of aromatic nitrogens is 3. The molecule has 2 unspecified atom stereocenters. The lowest BCUT2D eigenvalue weighted by Crippen LogP contribution is -2.47. The van der Waals surface area contributed by atoms with Crippen LogP contribution in [0.3, 0.4) is 0 Å². The highest BCUT2D eigenvalue weighted by molar-refractivity contribution is 14.0. The molecule has 3 rings (SSSR count). The molecule has 0 amide bonds. The second-order valence-corrected chi connectivity index (χ2v) is 6.78. The molecule has 0 bridgehead atoms. The molecule has 1 aliphatic heterocycles. The van der Waals surface area contributed by atoms with E-state index in [2.05, 4.69) is 25.7 Å². The van der Waals surface area contributed by atoms with Crippen molar-refractivity contribution in [2.45, 2.75) is 52.3 Å². The summed E-state index contributed by atoms with van der Waals surface area (Å²) in [7, 11) is 0. The van der Waals surface area contributed by atoms with Crippen molar-refractivity contribution in [3.8, 4) is 0 Å². The van der Waals surface area contributed by atoms with Gasteiger partial charge in [0, 0.05) is 19.0 Å². The molecule has 7 nitrogen and oxygen atoms in total. The molecule has 0 fully saturated rings. The summed E-state index contributed by atoms with van der Waals surface area (Å²) < 4.78 is 1.97. The van der Waals surface area contributed by atoms with Gasteiger partial charge in [-0.15, -0.1) is 24.0 Å². The number of benzene rings is 1. The number of aliphatic hydroxyl groups excluding tert-OH is 1. The maximum atomic E-state index is 10.4. The quantitative estimate of drug-likeness (QED) is 0.344. The molecular formula is C19H29IN6O. The molecule has 1 aromatic carbocycles. The highest BCUT2D eigenvalue weighted by Gasteiger charge is 2.21. The third-order valence-corrected chi connectivity index (χ3v) is 4.53. The van der Waals surface area contributed by atoms with E-state index in [9.17, 15) is 5.11 Å². The van der Waals surface area contributed by atoms with Gasteiger partial charge in [0.2, 0.25) is 0 Å². The fraction of sp³-hybridized carbons (Fsp3) is 0.526. The van der Waals surface area contributed by atoms with E-state index < -0.39 is 6.10 Å². The van der Waals surface area contributed by atoms with Crippen LogP contribution < -0.4 is 10.6 Å². The van der Waals surface area contributed by atoms with Gasteiger partial charge in [-0.2, -0.15) is 5.10 Å². The van der Waals surface area contributed by atoms with Gasteiger partial charge in [-0.3, -0.25) is 4.99 Å². The van der Waals surface area contributed by atoms with E-state index in [1.54, 1.807) is 0 Å². The molecule has 0 saturated carbocycles. The molecule has 0 radical (unpaired) electrons. The second-order valence-electron chi connectivity index (χ2n) is 6.78. The smallest absolute Gasteiger partial charge is 0.191 e. The van der Waals surface area contributed by atoms with Crippen LogP contribution >= 0.6 is 24.0 Å². The second kappa shape index (κ2) is 10.0. The number of hydrogen-bond acceptors (Lipinski definition) is 4. The third kappa shape index (κ3) is 5.90. The van der Waals surface area contributed by atoms with Crippen LogP contribution in [0.4, 0.5) is 0 Å². The largest absolute Gasteiger partial charge is 0.386 e. The molecule has 2 atom stereocenters. The first kappa shape index (κ1) is 21.6. The third-order valence-electron chi connectivity index (χ3n) is 4.53. The van der Waals surface area contributed by atoms with Crippen LogP contribution in [0.5, 0.6) is 0 Å². The molecule has 27 heavy (non-hydrogen) atoms. The van der Waals surface area contributed by atoms with Crippen LogP contribution in [-0.2, 0) is 13.0 Å². The molecule has 3 N–H and O–H groups in total. The van der Waals surface area contributed by atoms with Crippen LogP contribution in [-0.4, -0.2) is 45.0 Å². The van der Waals surface area contributed by atoms with Gasteiger partial charge >= 0.3 is 0 Å². The number of aliphatic imine (C=N–C) groups is 1. The van der Waals surface area contributed by atoms with E-state index in [1.807, 2.05) is 49.7 Å². The zero-order valence-corrected chi connectivity index (χ0v) is 18.5. The van der Waals surface area contributed by atoms with E-state index in [4.69, 9.17) is 0 Å². The number of nitrogens with one attached hydrogen (secondary N) is 2. The lowest BCUT2D eigenvalue weighted by molar-refractivity contribution is 0.187. The average molecular weight is 484 g/mol. The van der Waals surface area contributed by atoms with E-state index >= 15 is 0 Å². The SMILES string of the molecule is CCNC(=NCC(O)c1ccc(C)cc1)NC1CCc2nc(C)nn2C1.I. The minimum Gasteiger partial charge on any atom is -0.386 e. The molecule has 0 saturated heterocycles. The van der Waals surface area contributed by atoms with E-state index in [1.165, 1.54) is 5.56 Å². The number of halogens is 1. The molecule has 1 aromatic heterocycles. The number of aliphatic hydroxyl groups is 1. The Balaban J connectivity index is 0.00000261. The first-order valence-electron chi connectivity index (χ1n) is 9.25. The average Bonchev–Trinajstić information content (AvgIpc) is 2.99. The van der Waals surface area contributed by atoms with Crippen molar-refractivity contribution in [2.75, 3.05) is 13.1 Å². The van der Waals surface area contributed by atoms with Crippen LogP contribution in [0, 0.1) is 13.8 Å². The zero-order valence-electron chi connectivity index (χ0n) is 16.1. The Hall–Kier alpha value is -1.68. The molecule has 0 aliphatic carbocycles. The number of guanidine groups is 1. The zero-order chi connectivity index (χ0) is 18.5. The highest BCUT2D eigenvalue weighted by Crippen LogP contribution is 2.15. The Kier molecular flexibility index (Phi) is 8.03. The monoisotopic (exact) mass is 484 g/mol. The number of rotatable bonds is 5. The predicted molar refractivity (Wildman–Crippen MR) is 118 cm³/mol. The fourth-order valence-corrected chi connectivity index (χ4v) is 3.14. The van der Waals surface area contributed by atoms with Crippen molar-refractivity contribution < 1.29 is 5.11 Å². The summed E-state index contributed by atoms with van der Waals surface area (Å²) in [6, 6.07) is 8.16. The molecule has 2 aromatic rings. The minimum atomic E-state index is -0.609. The highest BCUT2D eigenvalue weighted by atomic mass is 127. The Labute approximate surface area is 177 Å². The minimum absolute atomic E-state index is 0. The standard InChI is InChI=1S/C19H28N6O.HI/c1-4-20-19(21-11-17(26)15-7-5-13(2)6-8-15)23-16-9-10-18-22-14(3)24-25(18)12-16;/h5-8,16-17,26H,4,9-12H2,1-3H3,(H2,20,21,23);1H. The summed E-state index contributed by atoms with van der Waals surface area (Å²) >= 11 is 0. The topological polar surface area (TPSA) is 87.4 Å². The molecule has 148 valence electrons. The first-order chi connectivity index (χ1) is 12.5. The van der Waals surface area contributed by atoms with E-state index in [0.29, 0.717) is 6.54 Å². The summed E-state index contributed by atoms with van der Waals surface area (Å²) in [4.78, 5) is 9.01. The molecular weight excluding hydrogens is 455 g/mol. The van der Waals surface area contributed by atoms with Crippen molar-refractivity contribution in [3.05, 3.63) is 47.0 Å². The van der Waals surface area contributed by atoms with E-state index in [0.717, 1.165) is 49.1 Å². The maximum Gasteiger partial charge on any atom is 0.191 e. The number of fused-ring (bicyclic) bond motifs is 1. The molecule has 2 heterocycles. The van der Waals surface area contributed by atoms with Gasteiger partial charge in [0.05, 0.1) is 19.2 Å². The van der Waals surface area contributed by atoms with Crippen molar-refractivity contribution in [1.29, 1.82) is 0 Å². The van der Waals surface area contributed by atoms with Crippen LogP contribution in [0.1, 0.15) is 42.2 Å². The molecule has 8 heteroatoms. The number of nitrogens with zero attached hydrogens (tertiary/aromatic N) is 4. The van der Waals surface area contributed by atoms with Gasteiger partial charge in [-0.05, 0) is 32.8 Å². The first-order valence-corrected chi connectivity index (χ1v) is 9.25. The molecule has 1 aliphatic rings. The van der Waals surface area contributed by atoms with Crippen molar-refractivity contribution in [1.82, 2.24) is 25.4 Å². The Morgan fingerprint density at radius 2 is 2.07 bits per heavy atom. The van der Waals surface area contributed by atoms with Gasteiger partial charge in [-0.25, -0.2) is 9.67 Å². The van der Waals surface area contributed by atoms with Crippen molar-refractivity contribution in [2.24, 2.45) is 4.99 Å². The molecule has 0 spiro atoms.